The molecule has 0 saturated heterocycles. The molecule has 1 aliphatic heterocycles. The van der Waals surface area contributed by atoms with Crippen molar-refractivity contribution in [3.63, 3.8) is 0 Å². The predicted molar refractivity (Wildman–Crippen MR) is 132 cm³/mol. The molecular weight excluding hydrogens is 584 g/mol. The van der Waals surface area contributed by atoms with Gasteiger partial charge < -0.3 is 0 Å². The van der Waals surface area contributed by atoms with Gasteiger partial charge in [-0.2, -0.15) is 0 Å². The van der Waals surface area contributed by atoms with Crippen LogP contribution >= 0.6 is 22.9 Å². The number of carbonyl (C=O) groups is 2. The van der Waals surface area contributed by atoms with Crippen LogP contribution in [0.25, 0.3) is 5.00 Å². The van der Waals surface area contributed by atoms with Crippen LogP contribution in [-0.4, -0.2) is 41.8 Å². The third-order valence-corrected chi connectivity index (χ3v) is 8.80. The summed E-state index contributed by atoms with van der Waals surface area (Å²) in [7, 11) is 0. The van der Waals surface area contributed by atoms with Crippen molar-refractivity contribution in [3.05, 3.63) is 57.5 Å². The standard InChI is InChI=1S/C23H23BClIN5O2S/c1-5-16(21(33)26-24)20-22-30-29-13(4)31(22)23-18(11(2)12(3)34-23)19(28-20)14-7-6-8-15(9-14)27-17(32)10-25/h6-9,16,20H,5,10H2,1-4H3,(H,27,32)/q-1. The molecule has 7 nitrogen and oxygen atoms in total. The fraction of sp³-hybridized carbons (Fsp3) is 0.348. The molecule has 2 aromatic heterocycles. The van der Waals surface area contributed by atoms with Crippen molar-refractivity contribution in [2.24, 2.45) is 10.9 Å². The topological polar surface area (TPSA) is 89.2 Å². The van der Waals surface area contributed by atoms with Crippen LogP contribution in [0.2, 0.25) is 0 Å². The van der Waals surface area contributed by atoms with E-state index in [4.69, 9.17) is 22.3 Å². The van der Waals surface area contributed by atoms with Crippen LogP contribution in [0.3, 0.4) is 0 Å². The van der Waals surface area contributed by atoms with E-state index in [0.29, 0.717) is 17.9 Å². The van der Waals surface area contributed by atoms with Gasteiger partial charge in [0.1, 0.15) is 0 Å². The van der Waals surface area contributed by atoms with Gasteiger partial charge in [0.25, 0.3) is 0 Å². The number of halogens is 2. The number of hydrogen-bond acceptors (Lipinski definition) is 6. The maximum absolute atomic E-state index is 12.9. The number of benzene rings is 1. The number of hydrogen-bond donors (Lipinski definition) is 1. The Labute approximate surface area is 218 Å². The van der Waals surface area contributed by atoms with Gasteiger partial charge in [-0.15, -0.1) is 0 Å². The van der Waals surface area contributed by atoms with Crippen LogP contribution in [0.15, 0.2) is 29.3 Å². The Morgan fingerprint density at radius 3 is 2.74 bits per heavy atom. The summed E-state index contributed by atoms with van der Waals surface area (Å²) in [4.78, 5) is 31.1. The quantitative estimate of drug-likeness (QED) is 0.189. The molecule has 0 spiro atoms. The van der Waals surface area contributed by atoms with Crippen molar-refractivity contribution in [1.82, 2.24) is 14.8 Å². The number of thiophene rings is 1. The van der Waals surface area contributed by atoms with Crippen molar-refractivity contribution in [2.45, 2.75) is 40.2 Å². The van der Waals surface area contributed by atoms with Gasteiger partial charge in [-0.1, -0.05) is 0 Å². The maximum atomic E-state index is 12.9. The average Bonchev–Trinajstić information content (AvgIpc) is 3.30. The minimum absolute atomic E-state index is 0.0443. The summed E-state index contributed by atoms with van der Waals surface area (Å²) in [6.07, 6.45) is 0.598. The summed E-state index contributed by atoms with van der Waals surface area (Å²) < 4.78 is 2.08. The number of aliphatic imine (C=N–C) groups is 1. The Kier molecular flexibility index (Phi) is 7.58. The second kappa shape index (κ2) is 10.3. The molecular formula is C23H23BClIN5O2S-. The molecule has 2 radical (unpaired) electrons. The van der Waals surface area contributed by atoms with Gasteiger partial charge in [0.05, 0.1) is 0 Å². The van der Waals surface area contributed by atoms with E-state index in [1.165, 1.54) is 0 Å². The molecule has 2 unspecified atom stereocenters. The van der Waals surface area contributed by atoms with E-state index < -0.39 is 27.0 Å². The SMILES string of the molecule is [B][I-]C(=O)C(CC)C1N=C(c2cccc(NC(=O)CCl)c2)c2c(sc(C)c2C)-n2c(C)nnc21. The first-order chi connectivity index (χ1) is 16.3. The van der Waals surface area contributed by atoms with Crippen LogP contribution in [0.5, 0.6) is 0 Å². The zero-order valence-corrected chi connectivity index (χ0v) is 23.0. The van der Waals surface area contributed by atoms with E-state index in [-0.39, 0.29) is 21.5 Å². The van der Waals surface area contributed by atoms with Crippen molar-refractivity contribution in [3.8, 4) is 5.00 Å². The normalized spacial score (nSPS) is 15.8. The fourth-order valence-electron chi connectivity index (χ4n) is 4.14. The molecule has 1 N–H and O–H groups in total. The molecule has 11 heteroatoms. The van der Waals surface area contributed by atoms with Crippen molar-refractivity contribution >= 4 is 49.7 Å². The molecule has 0 saturated carbocycles. The number of nitrogens with zero attached hydrogens (tertiary/aromatic N) is 4. The molecule has 1 aromatic carbocycles. The van der Waals surface area contributed by atoms with Crippen LogP contribution in [0, 0.1) is 26.7 Å². The van der Waals surface area contributed by atoms with Gasteiger partial charge in [0.15, 0.2) is 0 Å². The Bertz CT molecular complexity index is 1300. The average molecular weight is 607 g/mol. The molecule has 4 rings (SSSR count). The van der Waals surface area contributed by atoms with Gasteiger partial charge in [-0.05, 0) is 0 Å². The molecule has 1 amide bonds. The van der Waals surface area contributed by atoms with E-state index in [9.17, 15) is 9.59 Å². The van der Waals surface area contributed by atoms with Gasteiger partial charge in [-0.3, -0.25) is 0 Å². The molecule has 2 atom stereocenters. The van der Waals surface area contributed by atoms with E-state index >= 15 is 0 Å². The van der Waals surface area contributed by atoms with Gasteiger partial charge in [0.2, 0.25) is 0 Å². The number of rotatable bonds is 7. The molecule has 34 heavy (non-hydrogen) atoms. The predicted octanol–water partition coefficient (Wildman–Crippen LogP) is 1.05. The number of aromatic nitrogens is 3. The number of fused-ring (bicyclic) bond motifs is 3. The number of nitrogens with one attached hydrogen (secondary N) is 1. The Morgan fingerprint density at radius 1 is 1.29 bits per heavy atom. The first-order valence-electron chi connectivity index (χ1n) is 10.7. The Hall–Kier alpha value is -2.05. The fourth-order valence-corrected chi connectivity index (χ4v) is 6.67. The van der Waals surface area contributed by atoms with E-state index in [2.05, 4.69) is 29.4 Å². The molecule has 0 aliphatic carbocycles. The number of alkyl halides is 1. The first-order valence-corrected chi connectivity index (χ1v) is 14.4. The molecule has 176 valence electrons. The second-order valence-corrected chi connectivity index (χ2v) is 11.2. The van der Waals surface area contributed by atoms with E-state index in [0.717, 1.165) is 38.1 Å². The molecule has 0 fully saturated rings. The van der Waals surface area contributed by atoms with Crippen LogP contribution in [0.4, 0.5) is 5.69 Å². The summed E-state index contributed by atoms with van der Waals surface area (Å²) in [5, 5.41) is 12.6. The van der Waals surface area contributed by atoms with Crippen molar-refractivity contribution in [2.75, 3.05) is 11.2 Å². The molecule has 1 aliphatic rings. The second-order valence-electron chi connectivity index (χ2n) is 8.02. The van der Waals surface area contributed by atoms with Crippen molar-refractivity contribution < 1.29 is 30.6 Å². The number of carbonyl (C=O) groups excluding carboxylic acids is 2. The van der Waals surface area contributed by atoms with Crippen molar-refractivity contribution in [1.29, 1.82) is 0 Å². The number of anilines is 1. The summed E-state index contributed by atoms with van der Waals surface area (Å²) >= 11 is 6.24. The zero-order valence-electron chi connectivity index (χ0n) is 19.2. The van der Waals surface area contributed by atoms with E-state index in [1.54, 1.807) is 11.3 Å². The summed E-state index contributed by atoms with van der Waals surface area (Å²) in [6, 6.07) is 7.01. The summed E-state index contributed by atoms with van der Waals surface area (Å²) in [6.45, 7) is 8.04. The van der Waals surface area contributed by atoms with Crippen LogP contribution < -0.4 is 26.3 Å². The van der Waals surface area contributed by atoms with Crippen LogP contribution in [-0.2, 0) is 9.59 Å². The van der Waals surface area contributed by atoms with Gasteiger partial charge in [0, 0.05) is 0 Å². The Morgan fingerprint density at radius 2 is 2.06 bits per heavy atom. The molecule has 0 bridgehead atoms. The third-order valence-electron chi connectivity index (χ3n) is 5.95. The van der Waals surface area contributed by atoms with Crippen LogP contribution in [0.1, 0.15) is 52.6 Å². The number of amides is 1. The zero-order chi connectivity index (χ0) is 24.6. The Balaban J connectivity index is 1.99. The monoisotopic (exact) mass is 606 g/mol. The van der Waals surface area contributed by atoms with E-state index in [1.807, 2.05) is 42.7 Å². The van der Waals surface area contributed by atoms with Gasteiger partial charge in [-0.25, -0.2) is 0 Å². The summed E-state index contributed by atoms with van der Waals surface area (Å²) in [5.41, 5.74) is 10.2. The van der Waals surface area contributed by atoms with Gasteiger partial charge >= 0.3 is 220 Å². The summed E-state index contributed by atoms with van der Waals surface area (Å²) in [5.74, 6) is 0.597. The first kappa shape index (κ1) is 25.1. The number of aryl methyl sites for hydroxylation is 2. The molecule has 3 aromatic rings. The molecule has 3 heterocycles. The third kappa shape index (κ3) is 4.47. The minimum atomic E-state index is -1.09.